The van der Waals surface area contributed by atoms with Gasteiger partial charge in [0.2, 0.25) is 0 Å². The number of aromatic nitrogens is 1. The number of phenolic OH excluding ortho intramolecular Hbond substituents is 1. The highest BCUT2D eigenvalue weighted by Gasteiger charge is 2.34. The predicted molar refractivity (Wildman–Crippen MR) is 168 cm³/mol. The average molecular weight is 542 g/mol. The summed E-state index contributed by atoms with van der Waals surface area (Å²) in [5.41, 5.74) is 4.69. The van der Waals surface area contributed by atoms with Crippen LogP contribution in [0.25, 0.3) is 10.9 Å². The van der Waals surface area contributed by atoms with Crippen LogP contribution in [0.4, 0.5) is 0 Å². The van der Waals surface area contributed by atoms with Gasteiger partial charge in [0.1, 0.15) is 11.5 Å². The second-order valence-corrected chi connectivity index (χ2v) is 13.2. The second kappa shape index (κ2) is 11.7. The Morgan fingerprint density at radius 3 is 2.48 bits per heavy atom. The van der Waals surface area contributed by atoms with Crippen LogP contribution in [0.5, 0.6) is 11.5 Å². The van der Waals surface area contributed by atoms with Crippen molar-refractivity contribution in [3.63, 3.8) is 0 Å². The normalized spacial score (nSPS) is 19.7. The predicted octanol–water partition coefficient (Wildman–Crippen LogP) is 7.99. The molecule has 5 heteroatoms. The van der Waals surface area contributed by atoms with Gasteiger partial charge in [0.05, 0.1) is 18.7 Å². The van der Waals surface area contributed by atoms with Crippen molar-refractivity contribution < 1.29 is 9.84 Å². The van der Waals surface area contributed by atoms with Crippen molar-refractivity contribution in [1.82, 2.24) is 9.88 Å². The molecule has 2 aromatic carbocycles. The maximum absolute atomic E-state index is 11.5. The lowest BCUT2D eigenvalue weighted by atomic mass is 9.79. The lowest BCUT2D eigenvalue weighted by Crippen LogP contribution is -2.45. The minimum Gasteiger partial charge on any atom is -0.507 e. The molecule has 3 aromatic rings. The summed E-state index contributed by atoms with van der Waals surface area (Å²) in [4.78, 5) is 12.5. The number of rotatable bonds is 7. The summed E-state index contributed by atoms with van der Waals surface area (Å²) in [6.07, 6.45) is 7.98. The number of fused-ring (bicyclic) bond motifs is 1. The van der Waals surface area contributed by atoms with Crippen molar-refractivity contribution in [1.29, 1.82) is 0 Å². The molecule has 0 radical (unpaired) electrons. The van der Waals surface area contributed by atoms with Crippen LogP contribution >= 0.6 is 0 Å². The molecule has 1 N–H and O–H groups in total. The maximum atomic E-state index is 11.5. The number of aliphatic imine (C=N–C) groups is 1. The van der Waals surface area contributed by atoms with Crippen LogP contribution in [-0.4, -0.2) is 47.4 Å². The van der Waals surface area contributed by atoms with Crippen LogP contribution in [0, 0.1) is 5.92 Å². The number of phenols is 1. The van der Waals surface area contributed by atoms with Gasteiger partial charge in [0.15, 0.2) is 0 Å². The first-order valence-electron chi connectivity index (χ1n) is 14.6. The Morgan fingerprint density at radius 2 is 1.85 bits per heavy atom. The van der Waals surface area contributed by atoms with E-state index in [0.29, 0.717) is 11.7 Å². The summed E-state index contributed by atoms with van der Waals surface area (Å²) in [5, 5.41) is 12.5. The van der Waals surface area contributed by atoms with Crippen molar-refractivity contribution in [3.8, 4) is 11.5 Å². The van der Waals surface area contributed by atoms with Gasteiger partial charge in [0.25, 0.3) is 0 Å². The Morgan fingerprint density at radius 1 is 1.10 bits per heavy atom. The van der Waals surface area contributed by atoms with Crippen LogP contribution in [-0.2, 0) is 10.8 Å². The molecule has 0 amide bonds. The average Bonchev–Trinajstić information content (AvgIpc) is 2.92. The number of ether oxygens (including phenoxy) is 1. The maximum Gasteiger partial charge on any atom is 0.128 e. The molecule has 3 atom stereocenters. The molecule has 40 heavy (non-hydrogen) atoms. The quantitative estimate of drug-likeness (QED) is 0.243. The Hall–Kier alpha value is -3.18. The number of pyridine rings is 1. The third-order valence-corrected chi connectivity index (χ3v) is 8.36. The molecule has 2 heterocycles. The molecule has 0 bridgehead atoms. The molecular formula is C35H47N3O2. The molecule has 214 valence electrons. The van der Waals surface area contributed by atoms with Gasteiger partial charge in [-0.05, 0) is 77.6 Å². The van der Waals surface area contributed by atoms with E-state index in [1.807, 2.05) is 24.5 Å². The Balaban J connectivity index is 1.90. The second-order valence-electron chi connectivity index (χ2n) is 13.2. The summed E-state index contributed by atoms with van der Waals surface area (Å²) >= 11 is 0. The van der Waals surface area contributed by atoms with E-state index >= 15 is 0 Å². The van der Waals surface area contributed by atoms with E-state index in [1.165, 1.54) is 5.56 Å². The fourth-order valence-corrected chi connectivity index (χ4v) is 5.85. The molecule has 4 rings (SSSR count). The van der Waals surface area contributed by atoms with Gasteiger partial charge < -0.3 is 9.84 Å². The van der Waals surface area contributed by atoms with Crippen molar-refractivity contribution in [2.24, 2.45) is 10.9 Å². The summed E-state index contributed by atoms with van der Waals surface area (Å²) < 4.78 is 5.59. The van der Waals surface area contributed by atoms with Gasteiger partial charge in [-0.1, -0.05) is 60.6 Å². The summed E-state index contributed by atoms with van der Waals surface area (Å²) in [7, 11) is 1.69. The molecule has 1 fully saturated rings. The zero-order valence-electron chi connectivity index (χ0n) is 25.7. The number of piperidine rings is 1. The highest BCUT2D eigenvalue weighted by Crippen LogP contribution is 2.40. The van der Waals surface area contributed by atoms with Gasteiger partial charge in [-0.15, -0.1) is 6.58 Å². The molecule has 0 saturated carbocycles. The molecule has 1 aliphatic heterocycles. The number of benzene rings is 2. The molecule has 0 aliphatic carbocycles. The van der Waals surface area contributed by atoms with Crippen LogP contribution in [0.3, 0.4) is 0 Å². The third-order valence-electron chi connectivity index (χ3n) is 8.36. The highest BCUT2D eigenvalue weighted by atomic mass is 16.5. The lowest BCUT2D eigenvalue weighted by molar-refractivity contribution is 0.112. The van der Waals surface area contributed by atoms with E-state index < -0.39 is 0 Å². The van der Waals surface area contributed by atoms with Crippen LogP contribution in [0.15, 0.2) is 60.2 Å². The number of nitrogens with zero attached hydrogens (tertiary/aromatic N) is 3. The first-order chi connectivity index (χ1) is 18.9. The number of methoxy groups -OCH3 is 1. The van der Waals surface area contributed by atoms with E-state index in [2.05, 4.69) is 95.3 Å². The number of likely N-dealkylation sites (tertiary alicyclic amines) is 1. The topological polar surface area (TPSA) is 58.0 Å². The molecule has 1 unspecified atom stereocenters. The molecule has 5 nitrogen and oxygen atoms in total. The molecule has 1 aromatic heterocycles. The Kier molecular flexibility index (Phi) is 8.75. The zero-order chi connectivity index (χ0) is 29.2. The van der Waals surface area contributed by atoms with Gasteiger partial charge in [-0.25, -0.2) is 0 Å². The van der Waals surface area contributed by atoms with E-state index in [1.54, 1.807) is 7.11 Å². The number of hydrogen-bond donors (Lipinski definition) is 1. The monoisotopic (exact) mass is 541 g/mol. The summed E-state index contributed by atoms with van der Waals surface area (Å²) in [6, 6.07) is 12.5. The van der Waals surface area contributed by atoms with E-state index in [-0.39, 0.29) is 22.9 Å². The third kappa shape index (κ3) is 6.25. The first kappa shape index (κ1) is 29.8. The number of hydrogen-bond acceptors (Lipinski definition) is 5. The SMILES string of the molecule is C=C[C@@H]1CCC([C@H](/N=C/c2cc(C(C)(C)C)cc(C(C)(C)C)c2O)c2ccnc3ccc(OC)cc23)N(CC)C1. The molecule has 0 spiro atoms. The van der Waals surface area contributed by atoms with Crippen LogP contribution in [0.2, 0.25) is 0 Å². The summed E-state index contributed by atoms with van der Waals surface area (Å²) in [6.45, 7) is 21.3. The molecule has 1 aliphatic rings. The number of likely N-dealkylation sites (N-methyl/N-ethyl adjacent to an activating group) is 1. The smallest absolute Gasteiger partial charge is 0.128 e. The first-order valence-corrected chi connectivity index (χ1v) is 14.6. The fourth-order valence-electron chi connectivity index (χ4n) is 5.85. The van der Waals surface area contributed by atoms with Crippen LogP contribution in [0.1, 0.15) is 89.6 Å². The van der Waals surface area contributed by atoms with Gasteiger partial charge >= 0.3 is 0 Å². The van der Waals surface area contributed by atoms with Crippen molar-refractivity contribution in [2.45, 2.75) is 84.2 Å². The molecular weight excluding hydrogens is 494 g/mol. The number of aromatic hydroxyl groups is 1. The largest absolute Gasteiger partial charge is 0.507 e. The zero-order valence-corrected chi connectivity index (χ0v) is 25.7. The van der Waals surface area contributed by atoms with Crippen molar-refractivity contribution >= 4 is 17.1 Å². The fraction of sp³-hybridized carbons (Fsp3) is 0.486. The van der Waals surface area contributed by atoms with E-state index in [0.717, 1.165) is 59.3 Å². The Labute approximate surface area is 241 Å². The van der Waals surface area contributed by atoms with Gasteiger partial charge in [-0.2, -0.15) is 0 Å². The Bertz CT molecular complexity index is 1380. The van der Waals surface area contributed by atoms with Crippen LogP contribution < -0.4 is 4.74 Å². The lowest BCUT2D eigenvalue weighted by Gasteiger charge is -2.41. The van der Waals surface area contributed by atoms with Gasteiger partial charge in [-0.3, -0.25) is 14.9 Å². The minimum atomic E-state index is -0.201. The van der Waals surface area contributed by atoms with Crippen molar-refractivity contribution in [3.05, 3.63) is 77.5 Å². The van der Waals surface area contributed by atoms with E-state index in [4.69, 9.17) is 9.73 Å². The van der Waals surface area contributed by atoms with Crippen molar-refractivity contribution in [2.75, 3.05) is 20.2 Å². The van der Waals surface area contributed by atoms with Gasteiger partial charge in [0, 0.05) is 41.5 Å². The standard InChI is InChI=1S/C35H47N3O2/c1-10-23-12-15-31(38(11-2)22-23)32(27-16-17-36-30-14-13-26(40-9)20-28(27)30)37-21-24-18-25(34(3,4)5)19-29(33(24)39)35(6,7)8/h10,13-14,16-21,23,31-32,39H,1,11-12,15,22H2,2-9H3/b37-21+/t23-,31?,32-/m1/s1. The van der Waals surface area contributed by atoms with E-state index in [9.17, 15) is 5.11 Å². The highest BCUT2D eigenvalue weighted by molar-refractivity contribution is 5.87. The molecule has 1 saturated heterocycles. The minimum absolute atomic E-state index is 0.0599. The summed E-state index contributed by atoms with van der Waals surface area (Å²) in [5.74, 6) is 1.60.